The SMILES string of the molecule is COCCN1C[C@@H](NC(=O)Nc2cc3cccc(F)c3nc2C)[C@H](c2ccccc2)C1. The van der Waals surface area contributed by atoms with Crippen LogP contribution < -0.4 is 10.6 Å². The van der Waals surface area contributed by atoms with Crippen molar-refractivity contribution in [2.45, 2.75) is 18.9 Å². The molecule has 6 nitrogen and oxygen atoms in total. The summed E-state index contributed by atoms with van der Waals surface area (Å²) in [5.74, 6) is -0.182. The summed E-state index contributed by atoms with van der Waals surface area (Å²) in [7, 11) is 1.69. The predicted octanol–water partition coefficient (Wildman–Crippen LogP) is 3.92. The summed E-state index contributed by atoms with van der Waals surface area (Å²) in [6, 6.07) is 16.5. The van der Waals surface area contributed by atoms with E-state index in [-0.39, 0.29) is 23.8 Å². The number of aryl methyl sites for hydroxylation is 1. The van der Waals surface area contributed by atoms with Gasteiger partial charge in [-0.2, -0.15) is 0 Å². The highest BCUT2D eigenvalue weighted by Gasteiger charge is 2.34. The van der Waals surface area contributed by atoms with E-state index < -0.39 is 0 Å². The van der Waals surface area contributed by atoms with Gasteiger partial charge in [0.1, 0.15) is 11.3 Å². The van der Waals surface area contributed by atoms with Crippen LogP contribution in [0, 0.1) is 12.7 Å². The minimum Gasteiger partial charge on any atom is -0.383 e. The average Bonchev–Trinajstić information content (AvgIpc) is 3.16. The molecular weight excluding hydrogens is 395 g/mol. The highest BCUT2D eigenvalue weighted by atomic mass is 19.1. The predicted molar refractivity (Wildman–Crippen MR) is 120 cm³/mol. The second-order valence-electron chi connectivity index (χ2n) is 7.91. The van der Waals surface area contributed by atoms with E-state index in [1.165, 1.54) is 11.6 Å². The number of halogens is 1. The summed E-state index contributed by atoms with van der Waals surface area (Å²) in [6.07, 6.45) is 0. The van der Waals surface area contributed by atoms with E-state index in [9.17, 15) is 9.18 Å². The molecule has 4 rings (SSSR count). The molecule has 1 saturated heterocycles. The number of ether oxygens (including phenoxy) is 1. The Balaban J connectivity index is 1.49. The molecule has 0 aliphatic carbocycles. The smallest absolute Gasteiger partial charge is 0.319 e. The minimum absolute atomic E-state index is 0.0366. The third-order valence-corrected chi connectivity index (χ3v) is 5.79. The Morgan fingerprint density at radius 3 is 2.77 bits per heavy atom. The summed E-state index contributed by atoms with van der Waals surface area (Å²) in [5.41, 5.74) is 2.65. The first-order valence-electron chi connectivity index (χ1n) is 10.4. The number of aromatic nitrogens is 1. The largest absolute Gasteiger partial charge is 0.383 e. The molecule has 31 heavy (non-hydrogen) atoms. The monoisotopic (exact) mass is 422 g/mol. The first-order chi connectivity index (χ1) is 15.0. The van der Waals surface area contributed by atoms with E-state index in [2.05, 4.69) is 32.7 Å². The van der Waals surface area contributed by atoms with E-state index in [0.717, 1.165) is 19.6 Å². The standard InChI is InChI=1S/C24H27FN4O2/c1-16-21(13-18-9-6-10-20(25)23(18)26-16)27-24(30)28-22-15-29(11-12-31-2)14-19(22)17-7-4-3-5-8-17/h3-10,13,19,22H,11-12,14-15H2,1-2H3,(H2,27,28,30)/t19-,22+/m0/s1. The number of likely N-dealkylation sites (tertiary alicyclic amines) is 1. The fourth-order valence-electron chi connectivity index (χ4n) is 4.18. The van der Waals surface area contributed by atoms with Crippen LogP contribution in [0.2, 0.25) is 0 Å². The number of para-hydroxylation sites is 1. The Morgan fingerprint density at radius 1 is 1.19 bits per heavy atom. The summed E-state index contributed by atoms with van der Waals surface area (Å²) in [5, 5.41) is 6.68. The van der Waals surface area contributed by atoms with Gasteiger partial charge in [0.2, 0.25) is 0 Å². The number of carbonyl (C=O) groups excluding carboxylic acids is 1. The second kappa shape index (κ2) is 9.41. The maximum absolute atomic E-state index is 14.0. The highest BCUT2D eigenvalue weighted by Crippen LogP contribution is 2.28. The van der Waals surface area contributed by atoms with Crippen molar-refractivity contribution in [3.63, 3.8) is 0 Å². The number of benzene rings is 2. The van der Waals surface area contributed by atoms with Crippen LogP contribution in [0.15, 0.2) is 54.6 Å². The Bertz CT molecular complexity index is 1060. The van der Waals surface area contributed by atoms with Crippen molar-refractivity contribution in [2.24, 2.45) is 0 Å². The zero-order valence-corrected chi connectivity index (χ0v) is 17.8. The minimum atomic E-state index is -0.371. The van der Waals surface area contributed by atoms with Gasteiger partial charge < -0.3 is 15.4 Å². The fourth-order valence-corrected chi connectivity index (χ4v) is 4.18. The number of nitrogens with one attached hydrogen (secondary N) is 2. The molecule has 1 aliphatic rings. The molecule has 1 aromatic heterocycles. The number of nitrogens with zero attached hydrogens (tertiary/aromatic N) is 2. The molecule has 2 heterocycles. The van der Waals surface area contributed by atoms with Crippen LogP contribution in [0.1, 0.15) is 17.2 Å². The van der Waals surface area contributed by atoms with Gasteiger partial charge in [-0.1, -0.05) is 42.5 Å². The van der Waals surface area contributed by atoms with Crippen LogP contribution in [0.3, 0.4) is 0 Å². The quantitative estimate of drug-likeness (QED) is 0.632. The van der Waals surface area contributed by atoms with Crippen molar-refractivity contribution < 1.29 is 13.9 Å². The zero-order valence-electron chi connectivity index (χ0n) is 17.8. The molecule has 1 aliphatic heterocycles. The van der Waals surface area contributed by atoms with Crippen molar-refractivity contribution in [1.82, 2.24) is 15.2 Å². The second-order valence-corrected chi connectivity index (χ2v) is 7.91. The molecule has 0 bridgehead atoms. The lowest BCUT2D eigenvalue weighted by Gasteiger charge is -2.21. The molecule has 7 heteroatoms. The molecular formula is C24H27FN4O2. The first-order valence-corrected chi connectivity index (χ1v) is 10.4. The van der Waals surface area contributed by atoms with Gasteiger partial charge in [-0.05, 0) is 24.6 Å². The Labute approximate surface area is 181 Å². The number of hydrogen-bond acceptors (Lipinski definition) is 4. The van der Waals surface area contributed by atoms with Crippen LogP contribution in [0.4, 0.5) is 14.9 Å². The fraction of sp³-hybridized carbons (Fsp3) is 0.333. The van der Waals surface area contributed by atoms with Crippen LogP contribution in [-0.2, 0) is 4.74 Å². The van der Waals surface area contributed by atoms with E-state index >= 15 is 0 Å². The number of urea groups is 1. The number of carbonyl (C=O) groups is 1. The van der Waals surface area contributed by atoms with Crippen molar-refractivity contribution in [3.05, 3.63) is 71.7 Å². The maximum atomic E-state index is 14.0. The molecule has 2 N–H and O–H groups in total. The van der Waals surface area contributed by atoms with Crippen molar-refractivity contribution >= 4 is 22.6 Å². The maximum Gasteiger partial charge on any atom is 0.319 e. The Hall–Kier alpha value is -3.03. The van der Waals surface area contributed by atoms with Crippen LogP contribution in [0.5, 0.6) is 0 Å². The Kier molecular flexibility index (Phi) is 6.44. The number of amides is 2. The normalized spacial score (nSPS) is 18.9. The summed E-state index contributed by atoms with van der Waals surface area (Å²) >= 11 is 0. The first kappa shape index (κ1) is 21.2. The molecule has 2 aromatic carbocycles. The van der Waals surface area contributed by atoms with Gasteiger partial charge in [0.15, 0.2) is 0 Å². The summed E-state index contributed by atoms with van der Waals surface area (Å²) < 4.78 is 19.2. The van der Waals surface area contributed by atoms with Gasteiger partial charge in [0, 0.05) is 38.0 Å². The summed E-state index contributed by atoms with van der Waals surface area (Å²) in [6.45, 7) is 4.83. The molecule has 0 spiro atoms. The molecule has 0 unspecified atom stereocenters. The van der Waals surface area contributed by atoms with Gasteiger partial charge in [0.05, 0.1) is 24.0 Å². The zero-order chi connectivity index (χ0) is 21.8. The lowest BCUT2D eigenvalue weighted by atomic mass is 9.94. The molecule has 3 aromatic rings. The van der Waals surface area contributed by atoms with Crippen molar-refractivity contribution in [1.29, 1.82) is 0 Å². The van der Waals surface area contributed by atoms with Crippen LogP contribution >= 0.6 is 0 Å². The van der Waals surface area contributed by atoms with Crippen LogP contribution in [0.25, 0.3) is 10.9 Å². The van der Waals surface area contributed by atoms with E-state index in [0.29, 0.717) is 28.9 Å². The van der Waals surface area contributed by atoms with Gasteiger partial charge in [-0.3, -0.25) is 4.90 Å². The van der Waals surface area contributed by atoms with Crippen molar-refractivity contribution in [2.75, 3.05) is 38.7 Å². The number of pyridine rings is 1. The van der Waals surface area contributed by atoms with Gasteiger partial charge in [-0.15, -0.1) is 0 Å². The number of hydrogen-bond donors (Lipinski definition) is 2. The lowest BCUT2D eigenvalue weighted by molar-refractivity contribution is 0.159. The average molecular weight is 423 g/mol. The molecule has 0 radical (unpaired) electrons. The highest BCUT2D eigenvalue weighted by molar-refractivity contribution is 5.93. The topological polar surface area (TPSA) is 66.5 Å². The van der Waals surface area contributed by atoms with Gasteiger partial charge in [-0.25, -0.2) is 14.2 Å². The van der Waals surface area contributed by atoms with Crippen LogP contribution in [-0.4, -0.2) is 55.3 Å². The molecule has 2 amide bonds. The summed E-state index contributed by atoms with van der Waals surface area (Å²) in [4.78, 5) is 19.5. The van der Waals surface area contributed by atoms with E-state index in [4.69, 9.17) is 4.74 Å². The van der Waals surface area contributed by atoms with Crippen molar-refractivity contribution in [3.8, 4) is 0 Å². The lowest BCUT2D eigenvalue weighted by Crippen LogP contribution is -2.42. The van der Waals surface area contributed by atoms with Gasteiger partial charge >= 0.3 is 6.03 Å². The molecule has 0 saturated carbocycles. The van der Waals surface area contributed by atoms with E-state index in [1.54, 1.807) is 32.2 Å². The Morgan fingerprint density at radius 2 is 2.00 bits per heavy atom. The molecule has 1 fully saturated rings. The number of rotatable bonds is 6. The number of fused-ring (bicyclic) bond motifs is 1. The number of anilines is 1. The molecule has 2 atom stereocenters. The van der Waals surface area contributed by atoms with Gasteiger partial charge in [0.25, 0.3) is 0 Å². The third-order valence-electron chi connectivity index (χ3n) is 5.79. The third kappa shape index (κ3) is 4.84. The van der Waals surface area contributed by atoms with E-state index in [1.807, 2.05) is 18.2 Å². The molecule has 162 valence electrons. The number of methoxy groups -OCH3 is 1.